The first-order valence-corrected chi connectivity index (χ1v) is 20.9. The first-order valence-electron chi connectivity index (χ1n) is 19.4. The third-order valence-electron chi connectivity index (χ3n) is 10.9. The molecule has 2 aromatic heterocycles. The van der Waals surface area contributed by atoms with Crippen molar-refractivity contribution in [3.05, 3.63) is 131 Å². The highest BCUT2D eigenvalue weighted by Crippen LogP contribution is 2.41. The Morgan fingerprint density at radius 1 is 0.643 bits per heavy atom. The van der Waals surface area contributed by atoms with E-state index in [0.717, 1.165) is 77.3 Å². The van der Waals surface area contributed by atoms with Crippen molar-refractivity contribution in [3.63, 3.8) is 0 Å². The van der Waals surface area contributed by atoms with Gasteiger partial charge in [-0.3, -0.25) is 9.97 Å². The molecule has 0 radical (unpaired) electrons. The number of carbonyl (C=O) groups is 2. The van der Waals surface area contributed by atoms with Gasteiger partial charge in [0, 0.05) is 58.0 Å². The first-order chi connectivity index (χ1) is 27.1. The third kappa shape index (κ3) is 8.77. The van der Waals surface area contributed by atoms with Crippen LogP contribution in [-0.4, -0.2) is 71.3 Å². The number of hydrogen-bond acceptors (Lipinski definition) is 7. The molecule has 0 spiro atoms. The minimum Gasteiger partial charge on any atom is -0.450 e. The number of aromatic nitrogens is 2. The molecule has 0 atom stereocenters. The number of amides is 2. The van der Waals surface area contributed by atoms with Crippen LogP contribution >= 0.6 is 39.1 Å². The Balaban J connectivity index is 0.000000172. The summed E-state index contributed by atoms with van der Waals surface area (Å²) in [7, 11) is 0. The lowest BCUT2D eigenvalue weighted by Gasteiger charge is -2.29. The lowest BCUT2D eigenvalue weighted by atomic mass is 9.88. The van der Waals surface area contributed by atoms with Gasteiger partial charge in [0.2, 0.25) is 0 Å². The molecule has 2 aromatic carbocycles. The molecular weight excluding hydrogens is 813 g/mol. The molecule has 2 fully saturated rings. The van der Waals surface area contributed by atoms with Crippen molar-refractivity contribution in [1.82, 2.24) is 19.8 Å². The van der Waals surface area contributed by atoms with E-state index in [-0.39, 0.29) is 12.2 Å². The Hall–Kier alpha value is -4.38. The quantitative estimate of drug-likeness (QED) is 0.214. The normalized spacial score (nSPS) is 16.3. The number of carbonyl (C=O) groups excluding carboxylic acids is 2. The van der Waals surface area contributed by atoms with Crippen LogP contribution in [0.15, 0.2) is 76.5 Å². The summed E-state index contributed by atoms with van der Waals surface area (Å²) >= 11 is 16.1. The number of pyridine rings is 2. The molecule has 292 valence electrons. The summed E-state index contributed by atoms with van der Waals surface area (Å²) in [4.78, 5) is 37.2. The van der Waals surface area contributed by atoms with Crippen LogP contribution in [0.25, 0.3) is 11.1 Å². The standard InChI is InChI=1S/C22H22BrClN2O2.C22H24ClN3O2/c1-2-28-22(27)26-9-7-14(8-10-26)20-19-6-5-18(24)12-15(19)3-4-16-11-17(23)13-25-21(16)20;1-2-28-22(27)26-9-7-14(8-10-26)20-19-6-5-17(23)11-15(19)3-4-16-12-18(24)13-25-21(16)20/h5-6,11-13H,2-4,7-10H2,1H3;5-6,11-13H,2-4,7-10,24H2,1H3. The fourth-order valence-corrected chi connectivity index (χ4v) is 8.99. The lowest BCUT2D eigenvalue weighted by Crippen LogP contribution is -2.37. The summed E-state index contributed by atoms with van der Waals surface area (Å²) in [6, 6.07) is 16.5. The van der Waals surface area contributed by atoms with Crippen molar-refractivity contribution in [2.75, 3.05) is 45.1 Å². The summed E-state index contributed by atoms with van der Waals surface area (Å²) in [6.07, 6.45) is 10.1. The number of fused-ring (bicyclic) bond motifs is 4. The number of nitrogen functional groups attached to an aromatic ring is 1. The van der Waals surface area contributed by atoms with E-state index < -0.39 is 0 Å². The van der Waals surface area contributed by atoms with Crippen molar-refractivity contribution in [2.45, 2.75) is 65.2 Å². The number of rotatable bonds is 2. The summed E-state index contributed by atoms with van der Waals surface area (Å²) < 4.78 is 11.3. The molecule has 4 aromatic rings. The van der Waals surface area contributed by atoms with Gasteiger partial charge in [-0.1, -0.05) is 46.5 Å². The average molecular weight is 860 g/mol. The van der Waals surface area contributed by atoms with Gasteiger partial charge in [0.1, 0.15) is 0 Å². The Labute approximate surface area is 347 Å². The maximum Gasteiger partial charge on any atom is 0.409 e. The van der Waals surface area contributed by atoms with Crippen molar-refractivity contribution in [1.29, 1.82) is 0 Å². The SMILES string of the molecule is CCOC(=O)N1CCC(=C2c3ccc(Cl)cc3CCc3cc(Br)cnc32)CC1.CCOC(=O)N1CCC(=C2c3ccc(Cl)cc3CCc3cc(N)cnc32)CC1. The topological polar surface area (TPSA) is 111 Å². The van der Waals surface area contributed by atoms with Gasteiger partial charge >= 0.3 is 12.2 Å². The van der Waals surface area contributed by atoms with Crippen LogP contribution in [0.2, 0.25) is 10.0 Å². The minimum absolute atomic E-state index is 0.220. The highest BCUT2D eigenvalue weighted by molar-refractivity contribution is 9.10. The van der Waals surface area contributed by atoms with Crippen molar-refractivity contribution in [2.24, 2.45) is 0 Å². The Morgan fingerprint density at radius 3 is 1.54 bits per heavy atom. The predicted molar refractivity (Wildman–Crippen MR) is 226 cm³/mol. The van der Waals surface area contributed by atoms with Crippen LogP contribution in [0, 0.1) is 0 Å². The molecule has 2 aliphatic heterocycles. The van der Waals surface area contributed by atoms with Crippen molar-refractivity contribution < 1.29 is 19.1 Å². The zero-order valence-electron chi connectivity index (χ0n) is 31.8. The minimum atomic E-state index is -0.231. The second kappa shape index (κ2) is 17.8. The number of likely N-dealkylation sites (tertiary alicyclic amines) is 2. The molecule has 2 amide bonds. The molecule has 0 bridgehead atoms. The molecule has 9 nitrogen and oxygen atoms in total. The number of halogens is 3. The van der Waals surface area contributed by atoms with Gasteiger partial charge in [0.25, 0.3) is 0 Å². The lowest BCUT2D eigenvalue weighted by molar-refractivity contribution is 0.103. The van der Waals surface area contributed by atoms with Crippen LogP contribution < -0.4 is 5.73 Å². The molecule has 8 rings (SSSR count). The number of piperidine rings is 2. The second-order valence-corrected chi connectivity index (χ2v) is 16.2. The molecule has 2 saturated heterocycles. The van der Waals surface area contributed by atoms with E-state index in [2.05, 4.69) is 46.3 Å². The van der Waals surface area contributed by atoms with E-state index in [4.69, 9.17) is 48.4 Å². The van der Waals surface area contributed by atoms with E-state index in [1.807, 2.05) is 38.2 Å². The smallest absolute Gasteiger partial charge is 0.409 e. The van der Waals surface area contributed by atoms with Crippen LogP contribution in [-0.2, 0) is 35.2 Å². The molecule has 56 heavy (non-hydrogen) atoms. The number of nitrogens with two attached hydrogens (primary N) is 1. The van der Waals surface area contributed by atoms with Crippen LogP contribution in [0.4, 0.5) is 15.3 Å². The summed E-state index contributed by atoms with van der Waals surface area (Å²) in [5.74, 6) is 0. The van der Waals surface area contributed by atoms with E-state index in [9.17, 15) is 9.59 Å². The van der Waals surface area contributed by atoms with Crippen LogP contribution in [0.1, 0.15) is 84.3 Å². The number of anilines is 1. The van der Waals surface area contributed by atoms with Crippen molar-refractivity contribution in [3.8, 4) is 0 Å². The molecular formula is C44H46BrCl2N5O4. The maximum atomic E-state index is 12.1. The van der Waals surface area contributed by atoms with E-state index >= 15 is 0 Å². The fraction of sp³-hybridized carbons (Fsp3) is 0.364. The largest absolute Gasteiger partial charge is 0.450 e. The number of benzene rings is 2. The molecule has 0 saturated carbocycles. The average Bonchev–Trinajstić information content (AvgIpc) is 3.45. The second-order valence-electron chi connectivity index (χ2n) is 14.4. The molecule has 0 unspecified atom stereocenters. The zero-order valence-corrected chi connectivity index (χ0v) is 34.9. The maximum absolute atomic E-state index is 12.1. The monoisotopic (exact) mass is 857 g/mol. The first kappa shape index (κ1) is 39.8. The molecule has 2 aliphatic carbocycles. The fourth-order valence-electron chi connectivity index (χ4n) is 8.22. The van der Waals surface area contributed by atoms with Gasteiger partial charge < -0.3 is 25.0 Å². The molecule has 12 heteroatoms. The summed E-state index contributed by atoms with van der Waals surface area (Å²) in [5, 5.41) is 1.51. The van der Waals surface area contributed by atoms with Gasteiger partial charge in [-0.25, -0.2) is 9.59 Å². The van der Waals surface area contributed by atoms with Crippen LogP contribution in [0.3, 0.4) is 0 Å². The Bertz CT molecular complexity index is 1940. The van der Waals surface area contributed by atoms with Gasteiger partial charge in [-0.15, -0.1) is 0 Å². The van der Waals surface area contributed by atoms with E-state index in [0.29, 0.717) is 45.1 Å². The Kier molecular flexibility index (Phi) is 12.7. The predicted octanol–water partition coefficient (Wildman–Crippen LogP) is 10.1. The third-order valence-corrected chi connectivity index (χ3v) is 11.8. The van der Waals surface area contributed by atoms with Gasteiger partial charge in [0.05, 0.1) is 36.5 Å². The molecule has 2 N–H and O–H groups in total. The molecule has 4 heterocycles. The van der Waals surface area contributed by atoms with Gasteiger partial charge in [0.15, 0.2) is 0 Å². The van der Waals surface area contributed by atoms with Gasteiger partial charge in [-0.05, 0) is 151 Å². The summed E-state index contributed by atoms with van der Waals surface area (Å²) in [5.41, 5.74) is 21.2. The number of hydrogen-bond donors (Lipinski definition) is 1. The number of ether oxygens (including phenoxy) is 2. The van der Waals surface area contributed by atoms with E-state index in [1.54, 1.807) is 16.0 Å². The zero-order chi connectivity index (χ0) is 39.3. The highest BCUT2D eigenvalue weighted by atomic mass is 79.9. The van der Waals surface area contributed by atoms with Crippen molar-refractivity contribution >= 4 is 68.2 Å². The highest BCUT2D eigenvalue weighted by Gasteiger charge is 2.29. The molecule has 4 aliphatic rings. The van der Waals surface area contributed by atoms with E-state index in [1.165, 1.54) is 55.7 Å². The Morgan fingerprint density at radius 2 is 1.07 bits per heavy atom. The van der Waals surface area contributed by atoms with Gasteiger partial charge in [-0.2, -0.15) is 0 Å². The summed E-state index contributed by atoms with van der Waals surface area (Å²) in [6.45, 7) is 7.13. The number of aryl methyl sites for hydroxylation is 4. The van der Waals surface area contributed by atoms with Crippen LogP contribution in [0.5, 0.6) is 0 Å². The number of nitrogens with zero attached hydrogens (tertiary/aromatic N) is 4.